The average molecular weight is 317 g/mol. The predicted molar refractivity (Wildman–Crippen MR) is 90.3 cm³/mol. The lowest BCUT2D eigenvalue weighted by Gasteiger charge is -2.15. The summed E-state index contributed by atoms with van der Waals surface area (Å²) in [6.45, 7) is 10.4. The van der Waals surface area contributed by atoms with E-state index >= 15 is 0 Å². The Morgan fingerprint density at radius 3 is 2.70 bits per heavy atom. The second-order valence-electron chi connectivity index (χ2n) is 6.67. The van der Waals surface area contributed by atoms with Crippen LogP contribution in [0.1, 0.15) is 57.0 Å². The quantitative estimate of drug-likeness (QED) is 0.852. The molecule has 0 fully saturated rings. The molecule has 126 valence electrons. The van der Waals surface area contributed by atoms with Gasteiger partial charge < -0.3 is 5.32 Å². The van der Waals surface area contributed by atoms with Crippen molar-refractivity contribution in [1.29, 1.82) is 0 Å². The minimum absolute atomic E-state index is 0.0961. The third-order valence-corrected chi connectivity index (χ3v) is 4.18. The zero-order valence-electron chi connectivity index (χ0n) is 14.8. The van der Waals surface area contributed by atoms with Crippen LogP contribution in [0.15, 0.2) is 6.33 Å². The number of hydrogen-bond donors (Lipinski definition) is 1. The molecule has 0 saturated heterocycles. The fourth-order valence-corrected chi connectivity index (χ4v) is 2.76. The first-order valence-electron chi connectivity index (χ1n) is 8.33. The van der Waals surface area contributed by atoms with E-state index in [1.165, 1.54) is 6.33 Å². The first-order valence-corrected chi connectivity index (χ1v) is 8.33. The van der Waals surface area contributed by atoms with Crippen LogP contribution in [0.5, 0.6) is 0 Å². The lowest BCUT2D eigenvalue weighted by Crippen LogP contribution is -2.33. The van der Waals surface area contributed by atoms with Crippen LogP contribution in [0.2, 0.25) is 0 Å². The Hall–Kier alpha value is -1.98. The molecule has 2 heterocycles. The Bertz CT molecular complexity index is 677. The number of nitrogens with one attached hydrogen (secondary N) is 1. The Kier molecular flexibility index (Phi) is 5.69. The molecule has 1 unspecified atom stereocenters. The van der Waals surface area contributed by atoms with Crippen molar-refractivity contribution in [2.75, 3.05) is 0 Å². The van der Waals surface area contributed by atoms with Crippen LogP contribution in [0, 0.1) is 19.8 Å². The van der Waals surface area contributed by atoms with Gasteiger partial charge in [-0.3, -0.25) is 4.79 Å². The highest BCUT2D eigenvalue weighted by atomic mass is 16.1. The van der Waals surface area contributed by atoms with Crippen molar-refractivity contribution in [3.8, 4) is 0 Å². The van der Waals surface area contributed by atoms with Gasteiger partial charge in [-0.25, -0.2) is 9.50 Å². The molecule has 2 rings (SSSR count). The van der Waals surface area contributed by atoms with Gasteiger partial charge in [0, 0.05) is 23.9 Å². The Morgan fingerprint density at radius 1 is 1.26 bits per heavy atom. The maximum Gasteiger partial charge on any atom is 0.252 e. The summed E-state index contributed by atoms with van der Waals surface area (Å²) in [4.78, 5) is 20.7. The highest BCUT2D eigenvalue weighted by Gasteiger charge is 2.13. The van der Waals surface area contributed by atoms with Crippen LogP contribution in [0.25, 0.3) is 5.78 Å². The SMILES string of the molecule is Cc1nc2ncnn2c(C)c1CCC(=O)NC(C)CCC(C)C. The summed E-state index contributed by atoms with van der Waals surface area (Å²) in [7, 11) is 0. The number of hydrogen-bond acceptors (Lipinski definition) is 4. The largest absolute Gasteiger partial charge is 0.354 e. The van der Waals surface area contributed by atoms with Crippen molar-refractivity contribution >= 4 is 11.7 Å². The number of aromatic nitrogens is 4. The minimum atomic E-state index is 0.0961. The maximum absolute atomic E-state index is 12.1. The smallest absolute Gasteiger partial charge is 0.252 e. The zero-order chi connectivity index (χ0) is 17.0. The monoisotopic (exact) mass is 317 g/mol. The van der Waals surface area contributed by atoms with E-state index in [1.807, 2.05) is 13.8 Å². The summed E-state index contributed by atoms with van der Waals surface area (Å²) in [5, 5.41) is 7.26. The molecule has 0 spiro atoms. The van der Waals surface area contributed by atoms with Gasteiger partial charge in [-0.05, 0) is 51.5 Å². The van der Waals surface area contributed by atoms with E-state index in [1.54, 1.807) is 4.52 Å². The van der Waals surface area contributed by atoms with Crippen molar-refractivity contribution in [2.45, 2.75) is 66.3 Å². The lowest BCUT2D eigenvalue weighted by molar-refractivity contribution is -0.121. The van der Waals surface area contributed by atoms with Gasteiger partial charge in [0.1, 0.15) is 6.33 Å². The highest BCUT2D eigenvalue weighted by molar-refractivity contribution is 5.76. The van der Waals surface area contributed by atoms with Crippen LogP contribution in [-0.2, 0) is 11.2 Å². The Balaban J connectivity index is 1.94. The number of aryl methyl sites for hydroxylation is 2. The summed E-state index contributed by atoms with van der Waals surface area (Å²) in [5.41, 5.74) is 3.00. The fraction of sp³-hybridized carbons (Fsp3) is 0.647. The molecule has 6 heteroatoms. The van der Waals surface area contributed by atoms with E-state index in [0.717, 1.165) is 29.8 Å². The molecule has 0 aromatic carbocycles. The third kappa shape index (κ3) is 4.50. The second kappa shape index (κ2) is 7.53. The minimum Gasteiger partial charge on any atom is -0.354 e. The average Bonchev–Trinajstić information content (AvgIpc) is 2.93. The van der Waals surface area contributed by atoms with Crippen molar-refractivity contribution < 1.29 is 4.79 Å². The standard InChI is InChI=1S/C17H27N5O/c1-11(2)6-7-12(3)20-16(23)9-8-15-13(4)21-17-18-10-19-22(17)14(15)5/h10-12H,6-9H2,1-5H3,(H,20,23). The molecule has 1 amide bonds. The highest BCUT2D eigenvalue weighted by Crippen LogP contribution is 2.15. The first-order chi connectivity index (χ1) is 10.9. The molecule has 1 atom stereocenters. The van der Waals surface area contributed by atoms with Crippen molar-refractivity contribution in [2.24, 2.45) is 5.92 Å². The van der Waals surface area contributed by atoms with Gasteiger partial charge >= 0.3 is 0 Å². The molecule has 0 aliphatic rings. The molecule has 0 saturated carbocycles. The molecule has 2 aromatic rings. The van der Waals surface area contributed by atoms with E-state index in [-0.39, 0.29) is 11.9 Å². The molecule has 0 radical (unpaired) electrons. The number of carbonyl (C=O) groups is 1. The summed E-state index contributed by atoms with van der Waals surface area (Å²) in [6, 6.07) is 0.225. The van der Waals surface area contributed by atoms with Crippen molar-refractivity contribution in [3.05, 3.63) is 23.3 Å². The van der Waals surface area contributed by atoms with Gasteiger partial charge in [-0.2, -0.15) is 10.1 Å². The van der Waals surface area contributed by atoms with E-state index in [9.17, 15) is 4.79 Å². The topological polar surface area (TPSA) is 72.2 Å². The first kappa shape index (κ1) is 17.4. The van der Waals surface area contributed by atoms with E-state index in [2.05, 4.69) is 41.2 Å². The van der Waals surface area contributed by atoms with Gasteiger partial charge in [0.2, 0.25) is 5.91 Å². The molecular formula is C17H27N5O. The van der Waals surface area contributed by atoms with Gasteiger partial charge in [0.05, 0.1) is 0 Å². The summed E-state index contributed by atoms with van der Waals surface area (Å²) in [6.07, 6.45) is 4.79. The number of nitrogens with zero attached hydrogens (tertiary/aromatic N) is 4. The zero-order valence-corrected chi connectivity index (χ0v) is 14.8. The summed E-state index contributed by atoms with van der Waals surface area (Å²) >= 11 is 0. The van der Waals surface area contributed by atoms with E-state index in [0.29, 0.717) is 24.5 Å². The van der Waals surface area contributed by atoms with Crippen LogP contribution in [0.4, 0.5) is 0 Å². The van der Waals surface area contributed by atoms with Crippen LogP contribution < -0.4 is 5.32 Å². The molecule has 0 bridgehead atoms. The van der Waals surface area contributed by atoms with E-state index < -0.39 is 0 Å². The van der Waals surface area contributed by atoms with Gasteiger partial charge in [0.15, 0.2) is 0 Å². The van der Waals surface area contributed by atoms with Crippen LogP contribution in [0.3, 0.4) is 0 Å². The van der Waals surface area contributed by atoms with Gasteiger partial charge in [-0.1, -0.05) is 13.8 Å². The summed E-state index contributed by atoms with van der Waals surface area (Å²) < 4.78 is 1.73. The van der Waals surface area contributed by atoms with Gasteiger partial charge in [-0.15, -0.1) is 0 Å². The number of carbonyl (C=O) groups excluding carboxylic acids is 1. The second-order valence-corrected chi connectivity index (χ2v) is 6.67. The van der Waals surface area contributed by atoms with Crippen LogP contribution >= 0.6 is 0 Å². The van der Waals surface area contributed by atoms with Crippen molar-refractivity contribution in [1.82, 2.24) is 24.9 Å². The van der Waals surface area contributed by atoms with E-state index in [4.69, 9.17) is 0 Å². The predicted octanol–water partition coefficient (Wildman–Crippen LogP) is 2.61. The molecular weight excluding hydrogens is 290 g/mol. The summed E-state index contributed by atoms with van der Waals surface area (Å²) in [5.74, 6) is 1.37. The maximum atomic E-state index is 12.1. The molecule has 0 aliphatic carbocycles. The number of rotatable bonds is 7. The number of amides is 1. The third-order valence-electron chi connectivity index (χ3n) is 4.18. The van der Waals surface area contributed by atoms with Gasteiger partial charge in [0.25, 0.3) is 5.78 Å². The normalized spacial score (nSPS) is 12.8. The van der Waals surface area contributed by atoms with Crippen LogP contribution in [-0.4, -0.2) is 31.5 Å². The Labute approximate surface area is 137 Å². The Morgan fingerprint density at radius 2 is 2.00 bits per heavy atom. The lowest BCUT2D eigenvalue weighted by atomic mass is 10.0. The molecule has 0 aliphatic heterocycles. The molecule has 23 heavy (non-hydrogen) atoms. The number of fused-ring (bicyclic) bond motifs is 1. The molecule has 2 aromatic heterocycles. The molecule has 6 nitrogen and oxygen atoms in total. The van der Waals surface area contributed by atoms with Crippen molar-refractivity contribution in [3.63, 3.8) is 0 Å². The molecule has 1 N–H and O–H groups in total. The fourth-order valence-electron chi connectivity index (χ4n) is 2.76.